The fourth-order valence-electron chi connectivity index (χ4n) is 0. The third-order valence-electron chi connectivity index (χ3n) is 0. The van der Waals surface area contributed by atoms with Crippen molar-refractivity contribution in [3.05, 3.63) is 0 Å². The molecule has 0 aliphatic rings. The summed E-state index contributed by atoms with van der Waals surface area (Å²) in [6, 6.07) is 0. The van der Waals surface area contributed by atoms with Crippen LogP contribution in [-0.4, -0.2) is 12.7 Å². The van der Waals surface area contributed by atoms with E-state index in [9.17, 15) is 17.3 Å². The van der Waals surface area contributed by atoms with Crippen LogP contribution in [0.5, 0.6) is 0 Å². The van der Waals surface area contributed by atoms with Crippen LogP contribution in [0.1, 0.15) is 0 Å². The summed E-state index contributed by atoms with van der Waals surface area (Å²) in [6.07, 6.45) is 0. The number of rotatable bonds is 0. The fourth-order valence-corrected chi connectivity index (χ4v) is 0. The van der Waals surface area contributed by atoms with E-state index in [4.69, 9.17) is 0 Å². The maximum absolute atomic E-state index is 9.75. The first-order valence-electron chi connectivity index (χ1n) is 0.873. The molecule has 0 atom stereocenters. The molecule has 0 aliphatic carbocycles. The van der Waals surface area contributed by atoms with Crippen molar-refractivity contribution in [3.8, 4) is 0 Å². The molecule has 0 aromatic rings. The molecule has 0 spiro atoms. The molecule has 0 rings (SSSR count). The Morgan fingerprint density at radius 3 is 0.857 bits per heavy atom. The van der Waals surface area contributed by atoms with Gasteiger partial charge in [0.15, 0.2) is 0 Å². The number of hydrogen-bond acceptors (Lipinski definition) is 0. The first kappa shape index (κ1) is 15.7. The molecule has 0 saturated carbocycles. The van der Waals surface area contributed by atoms with E-state index in [1.165, 1.54) is 0 Å². The van der Waals surface area contributed by atoms with Gasteiger partial charge < -0.3 is 22.7 Å². The predicted molar refractivity (Wildman–Crippen MR) is 13.8 cm³/mol. The summed E-state index contributed by atoms with van der Waals surface area (Å²) in [5.41, 5.74) is 0. The summed E-state index contributed by atoms with van der Waals surface area (Å²) in [5, 5.41) is 0. The van der Waals surface area contributed by atoms with Crippen LogP contribution in [0.3, 0.4) is 0 Å². The topological polar surface area (TPSA) is 31.5 Å². The molecule has 0 aliphatic heterocycles. The second-order valence-electron chi connectivity index (χ2n) is 0.495. The van der Waals surface area contributed by atoms with Crippen LogP contribution in [-0.2, 0) is 17.1 Å². The molecule has 7 heavy (non-hydrogen) atoms. The molecule has 0 amide bonds. The van der Waals surface area contributed by atoms with Crippen molar-refractivity contribution in [2.24, 2.45) is 0 Å². The molecule has 2 N–H and O–H groups in total. The average molecular weight is 168 g/mol. The van der Waals surface area contributed by atoms with Crippen LogP contribution >= 0.6 is 0 Å². The maximum Gasteiger partial charge on any atom is 0.673 e. The molecule has 0 saturated heterocycles. The summed E-state index contributed by atoms with van der Waals surface area (Å²) < 4.78 is 39.0. The largest absolute Gasteiger partial charge is 0.673 e. The van der Waals surface area contributed by atoms with Crippen LogP contribution < -0.4 is 0 Å². The normalized spacial score (nSPS) is 8.57. The molecular formula is H2BCuF4O-. The van der Waals surface area contributed by atoms with Crippen molar-refractivity contribution in [2.45, 2.75) is 0 Å². The van der Waals surface area contributed by atoms with Gasteiger partial charge in [0.2, 0.25) is 0 Å². The predicted octanol–water partition coefficient (Wildman–Crippen LogP) is 0.473. The second-order valence-corrected chi connectivity index (χ2v) is 0.495. The molecule has 51 valence electrons. The second kappa shape index (κ2) is 4.42. The van der Waals surface area contributed by atoms with Crippen LogP contribution in [0, 0.1) is 0 Å². The van der Waals surface area contributed by atoms with Crippen molar-refractivity contribution in [3.63, 3.8) is 0 Å². The Morgan fingerprint density at radius 1 is 0.857 bits per heavy atom. The van der Waals surface area contributed by atoms with Crippen LogP contribution in [0.2, 0.25) is 0 Å². The molecule has 0 unspecified atom stereocenters. The van der Waals surface area contributed by atoms with E-state index in [0.717, 1.165) is 0 Å². The van der Waals surface area contributed by atoms with Crippen molar-refractivity contribution in [1.82, 2.24) is 0 Å². The van der Waals surface area contributed by atoms with E-state index in [2.05, 4.69) is 0 Å². The smallest absolute Gasteiger partial charge is 0.418 e. The molecule has 0 fully saturated rings. The van der Waals surface area contributed by atoms with Crippen molar-refractivity contribution >= 4 is 7.25 Å². The quantitative estimate of drug-likeness (QED) is 0.372. The summed E-state index contributed by atoms with van der Waals surface area (Å²) >= 11 is 0. The van der Waals surface area contributed by atoms with Crippen LogP contribution in [0.25, 0.3) is 0 Å². The van der Waals surface area contributed by atoms with Gasteiger partial charge >= 0.3 is 7.25 Å². The number of hydrogen-bond donors (Lipinski definition) is 0. The Labute approximate surface area is 48.0 Å². The Bertz CT molecular complexity index is 27.2. The Hall–Kier alpha value is 0.264. The molecule has 0 heterocycles. The van der Waals surface area contributed by atoms with E-state index >= 15 is 0 Å². The molecular weight excluding hydrogens is 166 g/mol. The van der Waals surface area contributed by atoms with Gasteiger partial charge in [0.25, 0.3) is 0 Å². The van der Waals surface area contributed by atoms with Gasteiger partial charge in [0, 0.05) is 17.1 Å². The van der Waals surface area contributed by atoms with E-state index in [0.29, 0.717) is 0 Å². The Kier molecular flexibility index (Phi) is 9.91. The van der Waals surface area contributed by atoms with E-state index in [1.54, 1.807) is 0 Å². The standard InChI is InChI=1S/BF4.Cu.H2O/c2-1(3,4)5;;/h;;1H2/q-1;;. The van der Waals surface area contributed by atoms with Crippen molar-refractivity contribution in [1.29, 1.82) is 0 Å². The minimum Gasteiger partial charge on any atom is -0.418 e. The van der Waals surface area contributed by atoms with Gasteiger partial charge in [-0.15, -0.1) is 0 Å². The zero-order valence-electron chi connectivity index (χ0n) is 2.89. The van der Waals surface area contributed by atoms with Crippen LogP contribution in [0.4, 0.5) is 17.3 Å². The zero-order chi connectivity index (χ0) is 4.50. The molecule has 7 heteroatoms. The number of halogens is 4. The SMILES string of the molecule is F[B-](F)(F)F.O.[Cu]. The minimum absolute atomic E-state index is 0. The van der Waals surface area contributed by atoms with Gasteiger partial charge in [-0.05, 0) is 0 Å². The van der Waals surface area contributed by atoms with Gasteiger partial charge in [0.1, 0.15) is 0 Å². The minimum atomic E-state index is -6.00. The van der Waals surface area contributed by atoms with Crippen molar-refractivity contribution in [2.75, 3.05) is 0 Å². The summed E-state index contributed by atoms with van der Waals surface area (Å²) in [6.45, 7) is 0. The van der Waals surface area contributed by atoms with E-state index in [1.807, 2.05) is 0 Å². The van der Waals surface area contributed by atoms with E-state index in [-0.39, 0.29) is 22.5 Å². The van der Waals surface area contributed by atoms with Crippen LogP contribution in [0.15, 0.2) is 0 Å². The molecule has 0 bridgehead atoms. The summed E-state index contributed by atoms with van der Waals surface area (Å²) in [7, 11) is -6.00. The molecule has 1 radical (unpaired) electrons. The molecule has 0 aromatic heterocycles. The monoisotopic (exact) mass is 168 g/mol. The fraction of sp³-hybridized carbons (Fsp3) is 0. The Morgan fingerprint density at radius 2 is 0.857 bits per heavy atom. The summed E-state index contributed by atoms with van der Waals surface area (Å²) in [5.74, 6) is 0. The maximum atomic E-state index is 9.75. The van der Waals surface area contributed by atoms with Gasteiger partial charge in [-0.25, -0.2) is 0 Å². The third-order valence-corrected chi connectivity index (χ3v) is 0. The van der Waals surface area contributed by atoms with Crippen molar-refractivity contribution < 1.29 is 39.8 Å². The first-order chi connectivity index (χ1) is 2.00. The summed E-state index contributed by atoms with van der Waals surface area (Å²) in [4.78, 5) is 0. The first-order valence-corrected chi connectivity index (χ1v) is 0.873. The van der Waals surface area contributed by atoms with Gasteiger partial charge in [-0.2, -0.15) is 0 Å². The van der Waals surface area contributed by atoms with Gasteiger partial charge in [-0.1, -0.05) is 0 Å². The van der Waals surface area contributed by atoms with Gasteiger partial charge in [-0.3, -0.25) is 0 Å². The molecule has 0 aromatic carbocycles. The average Bonchev–Trinajstić information content (AvgIpc) is 0.722. The van der Waals surface area contributed by atoms with E-state index < -0.39 is 7.25 Å². The third kappa shape index (κ3) is 1630. The Balaban J connectivity index is -0.0000000800. The zero-order valence-corrected chi connectivity index (χ0v) is 3.83. The van der Waals surface area contributed by atoms with Gasteiger partial charge in [0.05, 0.1) is 0 Å². The molecule has 1 nitrogen and oxygen atoms in total.